The van der Waals surface area contributed by atoms with Crippen molar-refractivity contribution in [3.8, 4) is 0 Å². The summed E-state index contributed by atoms with van der Waals surface area (Å²) in [6, 6.07) is 8.67. The molecule has 1 saturated heterocycles. The number of carboxylic acid groups (broad SMARTS) is 1. The number of aromatic carboxylic acids is 1. The van der Waals surface area contributed by atoms with Gasteiger partial charge in [0.15, 0.2) is 0 Å². The van der Waals surface area contributed by atoms with Gasteiger partial charge in [0.1, 0.15) is 5.82 Å². The summed E-state index contributed by atoms with van der Waals surface area (Å²) in [6.07, 6.45) is 1.81. The van der Waals surface area contributed by atoms with Gasteiger partial charge >= 0.3 is 5.97 Å². The van der Waals surface area contributed by atoms with Crippen LogP contribution in [-0.2, 0) is 6.54 Å². The summed E-state index contributed by atoms with van der Waals surface area (Å²) >= 11 is 1.45. The first-order chi connectivity index (χ1) is 12.6. The number of imidazole rings is 1. The lowest BCUT2D eigenvalue weighted by molar-refractivity contribution is 0.0695. The first-order valence-electron chi connectivity index (χ1n) is 8.68. The van der Waals surface area contributed by atoms with Crippen molar-refractivity contribution in [1.29, 1.82) is 0 Å². The highest BCUT2D eigenvalue weighted by atomic mass is 32.1. The molecule has 1 fully saturated rings. The zero-order chi connectivity index (χ0) is 18.3. The molecule has 0 saturated carbocycles. The van der Waals surface area contributed by atoms with Crippen LogP contribution in [0.1, 0.15) is 51.7 Å². The molecule has 7 heteroatoms. The SMILES string of the molecule is CCn1c([C@@H]2CCCN2C(=O)c2cccs2)nc2cc(C(=O)O)ccc21. The fourth-order valence-corrected chi connectivity index (χ4v) is 4.37. The lowest BCUT2D eigenvalue weighted by Gasteiger charge is -2.24. The lowest BCUT2D eigenvalue weighted by atomic mass is 10.2. The normalized spacial score (nSPS) is 17.1. The smallest absolute Gasteiger partial charge is 0.335 e. The number of likely N-dealkylation sites (tertiary alicyclic amines) is 1. The van der Waals surface area contributed by atoms with E-state index in [9.17, 15) is 14.7 Å². The molecule has 0 spiro atoms. The number of rotatable bonds is 4. The molecule has 3 heterocycles. The average Bonchev–Trinajstić information content (AvgIpc) is 3.38. The van der Waals surface area contributed by atoms with E-state index >= 15 is 0 Å². The van der Waals surface area contributed by atoms with Crippen LogP contribution in [0.2, 0.25) is 0 Å². The maximum absolute atomic E-state index is 12.9. The van der Waals surface area contributed by atoms with Gasteiger partial charge in [-0.2, -0.15) is 0 Å². The number of aryl methyl sites for hydroxylation is 1. The maximum atomic E-state index is 12.9. The van der Waals surface area contributed by atoms with Crippen molar-refractivity contribution in [1.82, 2.24) is 14.5 Å². The molecule has 1 aromatic carbocycles. The van der Waals surface area contributed by atoms with Gasteiger partial charge in [-0.3, -0.25) is 4.79 Å². The van der Waals surface area contributed by atoms with Crippen molar-refractivity contribution in [2.24, 2.45) is 0 Å². The maximum Gasteiger partial charge on any atom is 0.335 e. The molecule has 0 radical (unpaired) electrons. The van der Waals surface area contributed by atoms with E-state index in [4.69, 9.17) is 4.98 Å². The van der Waals surface area contributed by atoms with Crippen LogP contribution in [0.4, 0.5) is 0 Å². The van der Waals surface area contributed by atoms with Crippen LogP contribution in [0.25, 0.3) is 11.0 Å². The largest absolute Gasteiger partial charge is 0.478 e. The fourth-order valence-electron chi connectivity index (χ4n) is 3.69. The highest BCUT2D eigenvalue weighted by molar-refractivity contribution is 7.12. The summed E-state index contributed by atoms with van der Waals surface area (Å²) in [4.78, 5) is 31.5. The summed E-state index contributed by atoms with van der Waals surface area (Å²) in [5, 5.41) is 11.1. The molecule has 0 aliphatic carbocycles. The van der Waals surface area contributed by atoms with E-state index in [2.05, 4.69) is 4.57 Å². The summed E-state index contributed by atoms with van der Waals surface area (Å²) < 4.78 is 2.09. The van der Waals surface area contributed by atoms with Crippen LogP contribution in [0.3, 0.4) is 0 Å². The number of carbonyl (C=O) groups excluding carboxylic acids is 1. The number of fused-ring (bicyclic) bond motifs is 1. The van der Waals surface area contributed by atoms with Gasteiger partial charge in [0, 0.05) is 13.1 Å². The van der Waals surface area contributed by atoms with Crippen molar-refractivity contribution in [2.75, 3.05) is 6.54 Å². The second-order valence-corrected chi connectivity index (χ2v) is 7.30. The second kappa shape index (κ2) is 6.57. The van der Waals surface area contributed by atoms with Gasteiger partial charge in [0.25, 0.3) is 5.91 Å². The van der Waals surface area contributed by atoms with Crippen LogP contribution >= 0.6 is 11.3 Å². The Balaban J connectivity index is 1.77. The molecule has 0 unspecified atom stereocenters. The van der Waals surface area contributed by atoms with Crippen molar-refractivity contribution in [3.63, 3.8) is 0 Å². The van der Waals surface area contributed by atoms with Gasteiger partial charge < -0.3 is 14.6 Å². The molecule has 1 atom stereocenters. The summed E-state index contributed by atoms with van der Waals surface area (Å²) in [5.41, 5.74) is 1.79. The number of thiophene rings is 1. The van der Waals surface area contributed by atoms with Crippen molar-refractivity contribution in [3.05, 3.63) is 52.0 Å². The Morgan fingerprint density at radius 1 is 1.35 bits per heavy atom. The first-order valence-corrected chi connectivity index (χ1v) is 9.56. The molecular weight excluding hydrogens is 350 g/mol. The molecule has 1 N–H and O–H groups in total. The Morgan fingerprint density at radius 3 is 2.88 bits per heavy atom. The summed E-state index contributed by atoms with van der Waals surface area (Å²) in [7, 11) is 0. The van der Waals surface area contributed by atoms with Crippen LogP contribution < -0.4 is 0 Å². The predicted octanol–water partition coefficient (Wildman–Crippen LogP) is 3.79. The molecular formula is C19H19N3O3S. The molecule has 1 aliphatic heterocycles. The van der Waals surface area contributed by atoms with Crippen LogP contribution in [0.15, 0.2) is 35.7 Å². The number of benzene rings is 1. The third-order valence-corrected chi connectivity index (χ3v) is 5.74. The van der Waals surface area contributed by atoms with E-state index in [1.165, 1.54) is 11.3 Å². The average molecular weight is 369 g/mol. The van der Waals surface area contributed by atoms with E-state index in [1.807, 2.05) is 29.3 Å². The molecule has 0 bridgehead atoms. The van der Waals surface area contributed by atoms with E-state index in [0.717, 1.165) is 35.6 Å². The zero-order valence-corrected chi connectivity index (χ0v) is 15.2. The predicted molar refractivity (Wildman–Crippen MR) is 99.7 cm³/mol. The number of hydrogen-bond donors (Lipinski definition) is 1. The standard InChI is InChI=1S/C19H19N3O3S/c1-2-21-14-8-7-12(19(24)25)11-13(14)20-17(21)15-5-3-9-22(15)18(23)16-6-4-10-26-16/h4,6-8,10-11,15H,2-3,5,9H2,1H3,(H,24,25)/t15-/m0/s1. The van der Waals surface area contributed by atoms with E-state index < -0.39 is 5.97 Å². The molecule has 1 amide bonds. The Kier molecular flexibility index (Phi) is 4.24. The number of nitrogens with zero attached hydrogens (tertiary/aromatic N) is 3. The van der Waals surface area contributed by atoms with Crippen molar-refractivity contribution >= 4 is 34.2 Å². The number of hydrogen-bond acceptors (Lipinski definition) is 4. The van der Waals surface area contributed by atoms with Gasteiger partial charge in [-0.05, 0) is 49.4 Å². The minimum absolute atomic E-state index is 0.0448. The van der Waals surface area contributed by atoms with Crippen LogP contribution in [0, 0.1) is 0 Å². The van der Waals surface area contributed by atoms with Gasteiger partial charge in [-0.25, -0.2) is 9.78 Å². The molecule has 134 valence electrons. The first kappa shape index (κ1) is 16.8. The minimum atomic E-state index is -0.963. The summed E-state index contributed by atoms with van der Waals surface area (Å²) in [5.74, 6) is -0.0780. The van der Waals surface area contributed by atoms with Gasteiger partial charge in [-0.1, -0.05) is 6.07 Å². The van der Waals surface area contributed by atoms with Crippen LogP contribution in [0.5, 0.6) is 0 Å². The molecule has 6 nitrogen and oxygen atoms in total. The molecule has 1 aliphatic rings. The minimum Gasteiger partial charge on any atom is -0.478 e. The zero-order valence-electron chi connectivity index (χ0n) is 14.4. The quantitative estimate of drug-likeness (QED) is 0.759. The second-order valence-electron chi connectivity index (χ2n) is 6.36. The van der Waals surface area contributed by atoms with Gasteiger partial charge in [0.05, 0.1) is 27.5 Å². The van der Waals surface area contributed by atoms with Crippen molar-refractivity contribution < 1.29 is 14.7 Å². The number of carboxylic acids is 1. The van der Waals surface area contributed by atoms with Gasteiger partial charge in [-0.15, -0.1) is 11.3 Å². The van der Waals surface area contributed by atoms with E-state index in [0.29, 0.717) is 12.1 Å². The Hall–Kier alpha value is -2.67. The Bertz CT molecular complexity index is 977. The lowest BCUT2D eigenvalue weighted by Crippen LogP contribution is -2.31. The Morgan fingerprint density at radius 2 is 2.19 bits per heavy atom. The highest BCUT2D eigenvalue weighted by Crippen LogP contribution is 2.35. The van der Waals surface area contributed by atoms with E-state index in [-0.39, 0.29) is 17.5 Å². The summed E-state index contributed by atoms with van der Waals surface area (Å²) in [6.45, 7) is 3.47. The molecule has 26 heavy (non-hydrogen) atoms. The highest BCUT2D eigenvalue weighted by Gasteiger charge is 2.34. The van der Waals surface area contributed by atoms with Gasteiger partial charge in [0.2, 0.25) is 0 Å². The molecule has 2 aromatic heterocycles. The number of carbonyl (C=O) groups is 2. The number of aromatic nitrogens is 2. The number of amides is 1. The third-order valence-electron chi connectivity index (χ3n) is 4.88. The van der Waals surface area contributed by atoms with Crippen molar-refractivity contribution in [2.45, 2.75) is 32.4 Å². The fraction of sp³-hybridized carbons (Fsp3) is 0.316. The monoisotopic (exact) mass is 369 g/mol. The third kappa shape index (κ3) is 2.68. The Labute approximate surface area is 154 Å². The molecule has 4 rings (SSSR count). The molecule has 3 aromatic rings. The van der Waals surface area contributed by atoms with E-state index in [1.54, 1.807) is 18.2 Å². The topological polar surface area (TPSA) is 75.4 Å². The van der Waals surface area contributed by atoms with Crippen LogP contribution in [-0.4, -0.2) is 38.0 Å².